The fraction of sp³-hybridized carbons (Fsp3) is 0.800. The Bertz CT molecular complexity index is 223. The van der Waals surface area contributed by atoms with Crippen molar-refractivity contribution in [1.82, 2.24) is 5.32 Å². The Kier molecular flexibility index (Phi) is 8.80. The summed E-state index contributed by atoms with van der Waals surface area (Å²) in [5, 5.41) is 2.46. The molecule has 0 aliphatic rings. The molecule has 1 unspecified atom stereocenters. The molecule has 0 aliphatic heterocycles. The van der Waals surface area contributed by atoms with Gasteiger partial charge in [0.05, 0.1) is 12.5 Å². The number of amides is 1. The number of nitrogens with one attached hydrogen (secondary N) is 1. The lowest BCUT2D eigenvalue weighted by atomic mass is 10.1. The van der Waals surface area contributed by atoms with Crippen LogP contribution in [-0.4, -0.2) is 37.6 Å². The van der Waals surface area contributed by atoms with Crippen LogP contribution in [0, 0.1) is 5.92 Å². The van der Waals surface area contributed by atoms with Gasteiger partial charge in [0.25, 0.3) is 0 Å². The number of hydrogen-bond donors (Lipinski definition) is 2. The van der Waals surface area contributed by atoms with Crippen molar-refractivity contribution in [3.63, 3.8) is 0 Å². The number of rotatable bonds is 7. The average molecular weight is 249 g/mol. The fourth-order valence-electron chi connectivity index (χ4n) is 0.803. The summed E-state index contributed by atoms with van der Waals surface area (Å²) < 4.78 is 9.63. The van der Waals surface area contributed by atoms with Crippen LogP contribution < -0.4 is 5.32 Å². The number of hydrogen-bond acceptors (Lipinski definition) is 5. The highest BCUT2D eigenvalue weighted by atomic mass is 32.1. The molecule has 16 heavy (non-hydrogen) atoms. The summed E-state index contributed by atoms with van der Waals surface area (Å²) in [6, 6.07) is 0. The molecule has 5 nitrogen and oxygen atoms in total. The van der Waals surface area contributed by atoms with Gasteiger partial charge in [-0.1, -0.05) is 13.8 Å². The predicted octanol–water partition coefficient (Wildman–Crippen LogP) is 1.23. The molecular formula is C10H19NO4S. The monoisotopic (exact) mass is 249 g/mol. The van der Waals surface area contributed by atoms with Gasteiger partial charge < -0.3 is 14.8 Å². The lowest BCUT2D eigenvalue weighted by molar-refractivity contribution is -0.147. The number of carbonyl (C=O) groups excluding carboxylic acids is 2. The second-order valence-electron chi connectivity index (χ2n) is 3.26. The van der Waals surface area contributed by atoms with E-state index in [1.807, 2.05) is 6.92 Å². The highest BCUT2D eigenvalue weighted by Gasteiger charge is 2.11. The Morgan fingerprint density at radius 3 is 2.56 bits per heavy atom. The normalized spacial score (nSPS) is 11.7. The lowest BCUT2D eigenvalue weighted by Gasteiger charge is -2.09. The molecule has 0 spiro atoms. The first-order chi connectivity index (χ1) is 7.61. The van der Waals surface area contributed by atoms with Gasteiger partial charge >= 0.3 is 12.1 Å². The summed E-state index contributed by atoms with van der Waals surface area (Å²) in [6.45, 7) is 4.41. The molecule has 0 fully saturated rings. The molecule has 0 aliphatic carbocycles. The molecule has 0 bridgehead atoms. The van der Waals surface area contributed by atoms with Crippen molar-refractivity contribution >= 4 is 24.7 Å². The summed E-state index contributed by atoms with van der Waals surface area (Å²) in [6.07, 6.45) is 0.226. The Hall–Kier alpha value is -0.910. The number of alkyl carbamates (subject to hydrolysis) is 1. The maximum Gasteiger partial charge on any atom is 0.407 e. The van der Waals surface area contributed by atoms with E-state index in [1.165, 1.54) is 0 Å². The van der Waals surface area contributed by atoms with Crippen LogP contribution >= 0.6 is 12.6 Å². The predicted molar refractivity (Wildman–Crippen MR) is 63.6 cm³/mol. The van der Waals surface area contributed by atoms with Gasteiger partial charge in [-0.15, -0.1) is 0 Å². The molecule has 0 saturated carbocycles. The van der Waals surface area contributed by atoms with Crippen LogP contribution in [0.15, 0.2) is 0 Å². The second-order valence-corrected chi connectivity index (χ2v) is 3.71. The topological polar surface area (TPSA) is 64.6 Å². The molecule has 0 aromatic rings. The number of ether oxygens (including phenoxy) is 2. The average Bonchev–Trinajstić information content (AvgIpc) is 2.30. The van der Waals surface area contributed by atoms with Crippen molar-refractivity contribution in [2.24, 2.45) is 5.92 Å². The van der Waals surface area contributed by atoms with E-state index in [-0.39, 0.29) is 31.6 Å². The van der Waals surface area contributed by atoms with E-state index in [9.17, 15) is 9.59 Å². The second kappa shape index (κ2) is 9.33. The van der Waals surface area contributed by atoms with Crippen LogP contribution in [0.3, 0.4) is 0 Å². The van der Waals surface area contributed by atoms with E-state index in [0.29, 0.717) is 5.75 Å². The third kappa shape index (κ3) is 7.39. The zero-order valence-electron chi connectivity index (χ0n) is 9.69. The molecule has 0 saturated heterocycles. The van der Waals surface area contributed by atoms with Gasteiger partial charge in [-0.05, 0) is 6.42 Å². The number of thiol groups is 1. The largest absolute Gasteiger partial charge is 0.464 e. The molecule has 6 heteroatoms. The Morgan fingerprint density at radius 2 is 2.00 bits per heavy atom. The minimum atomic E-state index is -0.520. The van der Waals surface area contributed by atoms with Crippen LogP contribution in [0.4, 0.5) is 4.79 Å². The standard InChI is InChI=1S/C10H19NO4S/c1-3-8(2)9(12)14-5-4-11-10(13)15-6-7-16/h8,16H,3-7H2,1-2H3,(H,11,13). The minimum Gasteiger partial charge on any atom is -0.464 e. The maximum atomic E-state index is 11.2. The SMILES string of the molecule is CCC(C)C(=O)OCCNC(=O)OCCS. The molecule has 0 aromatic carbocycles. The molecule has 1 amide bonds. The van der Waals surface area contributed by atoms with Crippen LogP contribution in [-0.2, 0) is 14.3 Å². The van der Waals surface area contributed by atoms with E-state index in [1.54, 1.807) is 6.92 Å². The first-order valence-corrected chi connectivity index (χ1v) is 5.93. The zero-order chi connectivity index (χ0) is 12.4. The Morgan fingerprint density at radius 1 is 1.31 bits per heavy atom. The molecule has 1 atom stereocenters. The summed E-state index contributed by atoms with van der Waals surface area (Å²) in [5.41, 5.74) is 0. The van der Waals surface area contributed by atoms with Gasteiger partial charge in [0.15, 0.2) is 0 Å². The van der Waals surface area contributed by atoms with E-state index < -0.39 is 6.09 Å². The highest BCUT2D eigenvalue weighted by molar-refractivity contribution is 7.80. The van der Waals surface area contributed by atoms with E-state index in [0.717, 1.165) is 6.42 Å². The number of esters is 1. The minimum absolute atomic E-state index is 0.101. The maximum absolute atomic E-state index is 11.2. The third-order valence-corrected chi connectivity index (χ3v) is 2.14. The van der Waals surface area contributed by atoms with E-state index in [2.05, 4.69) is 17.9 Å². The van der Waals surface area contributed by atoms with E-state index in [4.69, 9.17) is 9.47 Å². The van der Waals surface area contributed by atoms with Crippen LogP contribution in [0.2, 0.25) is 0 Å². The lowest BCUT2D eigenvalue weighted by Crippen LogP contribution is -2.29. The van der Waals surface area contributed by atoms with Crippen LogP contribution in [0.25, 0.3) is 0 Å². The summed E-state index contributed by atoms with van der Waals surface area (Å²) in [4.78, 5) is 22.1. The molecule has 1 N–H and O–H groups in total. The third-order valence-electron chi connectivity index (χ3n) is 1.95. The molecule has 0 rings (SSSR count). The summed E-state index contributed by atoms with van der Waals surface area (Å²) in [5.74, 6) is 0.139. The smallest absolute Gasteiger partial charge is 0.407 e. The van der Waals surface area contributed by atoms with Crippen molar-refractivity contribution in [3.05, 3.63) is 0 Å². The molecule has 0 radical (unpaired) electrons. The van der Waals surface area contributed by atoms with Gasteiger partial charge in [0, 0.05) is 5.75 Å². The highest BCUT2D eigenvalue weighted by Crippen LogP contribution is 2.02. The first kappa shape index (κ1) is 15.1. The van der Waals surface area contributed by atoms with Crippen molar-refractivity contribution in [3.8, 4) is 0 Å². The van der Waals surface area contributed by atoms with Crippen molar-refractivity contribution in [2.75, 3.05) is 25.5 Å². The molecule has 0 aromatic heterocycles. The van der Waals surface area contributed by atoms with Crippen molar-refractivity contribution in [1.29, 1.82) is 0 Å². The van der Waals surface area contributed by atoms with Gasteiger partial charge in [-0.25, -0.2) is 4.79 Å². The van der Waals surface area contributed by atoms with Crippen molar-refractivity contribution < 1.29 is 19.1 Å². The Balaban J connectivity index is 3.45. The van der Waals surface area contributed by atoms with Crippen LogP contribution in [0.5, 0.6) is 0 Å². The first-order valence-electron chi connectivity index (χ1n) is 5.30. The quantitative estimate of drug-likeness (QED) is 0.405. The zero-order valence-corrected chi connectivity index (χ0v) is 10.6. The summed E-state index contributed by atoms with van der Waals surface area (Å²) in [7, 11) is 0. The molecule has 94 valence electrons. The van der Waals surface area contributed by atoms with Gasteiger partial charge in [-0.2, -0.15) is 12.6 Å². The summed E-state index contributed by atoms with van der Waals surface area (Å²) >= 11 is 3.89. The van der Waals surface area contributed by atoms with E-state index >= 15 is 0 Å². The fourth-order valence-corrected chi connectivity index (χ4v) is 0.894. The molecular weight excluding hydrogens is 230 g/mol. The van der Waals surface area contributed by atoms with Crippen LogP contribution in [0.1, 0.15) is 20.3 Å². The van der Waals surface area contributed by atoms with Gasteiger partial charge in [-0.3, -0.25) is 4.79 Å². The Labute approximate surface area is 101 Å². The number of carbonyl (C=O) groups is 2. The van der Waals surface area contributed by atoms with Crippen molar-refractivity contribution in [2.45, 2.75) is 20.3 Å². The van der Waals surface area contributed by atoms with Gasteiger partial charge in [0.1, 0.15) is 13.2 Å². The van der Waals surface area contributed by atoms with Gasteiger partial charge in [0.2, 0.25) is 0 Å². The molecule has 0 heterocycles.